The van der Waals surface area contributed by atoms with E-state index in [1.807, 2.05) is 16.8 Å². The van der Waals surface area contributed by atoms with Gasteiger partial charge < -0.3 is 5.32 Å². The predicted molar refractivity (Wildman–Crippen MR) is 71.2 cm³/mol. The van der Waals surface area contributed by atoms with Crippen LogP contribution in [-0.4, -0.2) is 4.98 Å². The zero-order valence-electron chi connectivity index (χ0n) is 9.78. The van der Waals surface area contributed by atoms with Gasteiger partial charge in [-0.15, -0.1) is 22.7 Å². The Hall–Kier alpha value is -0.710. The third kappa shape index (κ3) is 2.70. The molecule has 1 unspecified atom stereocenters. The van der Waals surface area contributed by atoms with Crippen LogP contribution in [-0.2, 0) is 6.54 Å². The lowest BCUT2D eigenvalue weighted by Crippen LogP contribution is -2.18. The third-order valence-electron chi connectivity index (χ3n) is 2.62. The first-order valence-electron chi connectivity index (χ1n) is 5.34. The molecule has 0 radical (unpaired) electrons. The fourth-order valence-corrected chi connectivity index (χ4v) is 3.35. The molecule has 2 heterocycles. The van der Waals surface area contributed by atoms with E-state index in [1.54, 1.807) is 11.3 Å². The van der Waals surface area contributed by atoms with Crippen LogP contribution >= 0.6 is 22.7 Å². The minimum absolute atomic E-state index is 0.395. The molecule has 2 aromatic heterocycles. The van der Waals surface area contributed by atoms with E-state index in [4.69, 9.17) is 0 Å². The van der Waals surface area contributed by atoms with Gasteiger partial charge in [0.1, 0.15) is 0 Å². The standard InChI is InChI=1S/C12H16N2S2/c1-8-4-12(10(3)16-8)9(2)13-5-11-6-15-7-14-11/h4,6-7,9,13H,5H2,1-3H3. The molecule has 0 bridgehead atoms. The molecule has 0 saturated heterocycles. The molecule has 0 spiro atoms. The van der Waals surface area contributed by atoms with Gasteiger partial charge in [-0.3, -0.25) is 0 Å². The smallest absolute Gasteiger partial charge is 0.0795 e. The van der Waals surface area contributed by atoms with E-state index in [9.17, 15) is 0 Å². The topological polar surface area (TPSA) is 24.9 Å². The average molecular weight is 252 g/mol. The summed E-state index contributed by atoms with van der Waals surface area (Å²) in [6.45, 7) is 7.40. The highest BCUT2D eigenvalue weighted by Gasteiger charge is 2.10. The van der Waals surface area contributed by atoms with E-state index < -0.39 is 0 Å². The van der Waals surface area contributed by atoms with Gasteiger partial charge in [-0.2, -0.15) is 0 Å². The van der Waals surface area contributed by atoms with Crippen LogP contribution in [0.25, 0.3) is 0 Å². The fourth-order valence-electron chi connectivity index (χ4n) is 1.77. The fraction of sp³-hybridized carbons (Fsp3) is 0.417. The van der Waals surface area contributed by atoms with Crippen molar-refractivity contribution in [3.8, 4) is 0 Å². The molecule has 0 aliphatic carbocycles. The molecule has 1 atom stereocenters. The second-order valence-corrected chi connectivity index (χ2v) is 6.13. The van der Waals surface area contributed by atoms with Crippen molar-refractivity contribution in [1.29, 1.82) is 0 Å². The molecule has 2 aromatic rings. The molecule has 1 N–H and O–H groups in total. The first-order valence-corrected chi connectivity index (χ1v) is 7.10. The normalized spacial score (nSPS) is 12.9. The Morgan fingerprint density at radius 2 is 2.25 bits per heavy atom. The number of rotatable bonds is 4. The summed E-state index contributed by atoms with van der Waals surface area (Å²) in [5.41, 5.74) is 4.42. The lowest BCUT2D eigenvalue weighted by molar-refractivity contribution is 0.568. The zero-order chi connectivity index (χ0) is 11.5. The van der Waals surface area contributed by atoms with Crippen LogP contribution in [0.5, 0.6) is 0 Å². The van der Waals surface area contributed by atoms with Crippen molar-refractivity contribution in [2.75, 3.05) is 0 Å². The van der Waals surface area contributed by atoms with E-state index in [0.29, 0.717) is 6.04 Å². The number of nitrogens with zero attached hydrogens (tertiary/aromatic N) is 1. The SMILES string of the molecule is Cc1cc(C(C)NCc2cscn2)c(C)s1. The summed E-state index contributed by atoms with van der Waals surface area (Å²) in [7, 11) is 0. The Morgan fingerprint density at radius 1 is 1.44 bits per heavy atom. The molecule has 4 heteroatoms. The maximum absolute atomic E-state index is 4.27. The number of thiophene rings is 1. The maximum atomic E-state index is 4.27. The van der Waals surface area contributed by atoms with Gasteiger partial charge in [-0.1, -0.05) is 0 Å². The van der Waals surface area contributed by atoms with Crippen LogP contribution in [0.15, 0.2) is 17.0 Å². The van der Waals surface area contributed by atoms with Crippen LogP contribution in [0.4, 0.5) is 0 Å². The molecular weight excluding hydrogens is 236 g/mol. The summed E-state index contributed by atoms with van der Waals surface area (Å²) in [4.78, 5) is 7.06. The van der Waals surface area contributed by atoms with E-state index in [0.717, 1.165) is 12.2 Å². The summed E-state index contributed by atoms with van der Waals surface area (Å²) in [6.07, 6.45) is 0. The minimum atomic E-state index is 0.395. The molecule has 2 rings (SSSR count). The number of hydrogen-bond donors (Lipinski definition) is 1. The van der Waals surface area contributed by atoms with E-state index in [1.165, 1.54) is 15.3 Å². The van der Waals surface area contributed by atoms with Crippen molar-refractivity contribution >= 4 is 22.7 Å². The van der Waals surface area contributed by atoms with Gasteiger partial charge in [0, 0.05) is 27.7 Å². The van der Waals surface area contributed by atoms with Crippen molar-refractivity contribution in [2.24, 2.45) is 0 Å². The van der Waals surface area contributed by atoms with E-state index in [2.05, 4.69) is 42.5 Å². The number of aromatic nitrogens is 1. The van der Waals surface area contributed by atoms with Gasteiger partial charge in [-0.25, -0.2) is 4.98 Å². The highest BCUT2D eigenvalue weighted by atomic mass is 32.1. The first-order chi connectivity index (χ1) is 7.66. The lowest BCUT2D eigenvalue weighted by atomic mass is 10.1. The zero-order valence-corrected chi connectivity index (χ0v) is 11.4. The Labute approximate surface area is 104 Å². The molecular formula is C12H16N2S2. The van der Waals surface area contributed by atoms with Gasteiger partial charge in [0.2, 0.25) is 0 Å². The highest BCUT2D eigenvalue weighted by molar-refractivity contribution is 7.12. The number of nitrogens with one attached hydrogen (secondary N) is 1. The van der Waals surface area contributed by atoms with Crippen LogP contribution in [0.2, 0.25) is 0 Å². The number of thiazole rings is 1. The molecule has 0 fully saturated rings. The number of aryl methyl sites for hydroxylation is 2. The van der Waals surface area contributed by atoms with Gasteiger partial charge in [0.05, 0.1) is 11.2 Å². The molecule has 0 amide bonds. The third-order valence-corrected chi connectivity index (χ3v) is 4.24. The van der Waals surface area contributed by atoms with Crippen LogP contribution in [0.3, 0.4) is 0 Å². The van der Waals surface area contributed by atoms with Crippen molar-refractivity contribution < 1.29 is 0 Å². The average Bonchev–Trinajstić information content (AvgIpc) is 2.84. The summed E-state index contributed by atoms with van der Waals surface area (Å²) < 4.78 is 0. The molecule has 86 valence electrons. The highest BCUT2D eigenvalue weighted by Crippen LogP contribution is 2.26. The second kappa shape index (κ2) is 5.08. The van der Waals surface area contributed by atoms with Gasteiger partial charge in [0.15, 0.2) is 0 Å². The monoisotopic (exact) mass is 252 g/mol. The molecule has 16 heavy (non-hydrogen) atoms. The van der Waals surface area contributed by atoms with Crippen molar-refractivity contribution in [2.45, 2.75) is 33.4 Å². The molecule has 0 aromatic carbocycles. The Balaban J connectivity index is 1.98. The Bertz CT molecular complexity index is 446. The molecule has 0 saturated carbocycles. The minimum Gasteiger partial charge on any atom is -0.304 e. The van der Waals surface area contributed by atoms with Gasteiger partial charge in [-0.05, 0) is 32.4 Å². The van der Waals surface area contributed by atoms with Crippen molar-refractivity contribution in [3.05, 3.63) is 38.0 Å². The molecule has 0 aliphatic rings. The summed E-state index contributed by atoms with van der Waals surface area (Å²) in [6, 6.07) is 2.67. The van der Waals surface area contributed by atoms with E-state index >= 15 is 0 Å². The Morgan fingerprint density at radius 3 is 2.81 bits per heavy atom. The van der Waals surface area contributed by atoms with Crippen LogP contribution in [0, 0.1) is 13.8 Å². The van der Waals surface area contributed by atoms with Gasteiger partial charge >= 0.3 is 0 Å². The van der Waals surface area contributed by atoms with Crippen molar-refractivity contribution in [3.63, 3.8) is 0 Å². The summed E-state index contributed by atoms with van der Waals surface area (Å²) >= 11 is 3.51. The second-order valence-electron chi connectivity index (χ2n) is 3.95. The lowest BCUT2D eigenvalue weighted by Gasteiger charge is -2.12. The maximum Gasteiger partial charge on any atom is 0.0795 e. The van der Waals surface area contributed by atoms with Crippen LogP contribution < -0.4 is 5.32 Å². The van der Waals surface area contributed by atoms with E-state index in [-0.39, 0.29) is 0 Å². The number of hydrogen-bond acceptors (Lipinski definition) is 4. The first kappa shape index (κ1) is 11.8. The summed E-state index contributed by atoms with van der Waals surface area (Å²) in [5.74, 6) is 0. The largest absolute Gasteiger partial charge is 0.304 e. The molecule has 2 nitrogen and oxygen atoms in total. The molecule has 0 aliphatic heterocycles. The Kier molecular flexibility index (Phi) is 3.74. The van der Waals surface area contributed by atoms with Crippen LogP contribution in [0.1, 0.15) is 34.0 Å². The predicted octanol–water partition coefficient (Wildman–Crippen LogP) is 3.67. The van der Waals surface area contributed by atoms with Crippen molar-refractivity contribution in [1.82, 2.24) is 10.3 Å². The van der Waals surface area contributed by atoms with Gasteiger partial charge in [0.25, 0.3) is 0 Å². The quantitative estimate of drug-likeness (QED) is 0.898. The summed E-state index contributed by atoms with van der Waals surface area (Å²) in [5, 5.41) is 5.60.